The van der Waals surface area contributed by atoms with Crippen LogP contribution in [0.1, 0.15) is 173 Å². The molecule has 2 aromatic rings. The van der Waals surface area contributed by atoms with E-state index in [9.17, 15) is 49.2 Å². The maximum absolute atomic E-state index is 13.3. The third kappa shape index (κ3) is 10.3. The number of anilines is 1. The molecule has 390 valence electrons. The molecule has 0 spiro atoms. The van der Waals surface area contributed by atoms with Gasteiger partial charge < -0.3 is 45.3 Å². The minimum atomic E-state index is -1.42. The largest absolute Gasteiger partial charge is 0.505 e. The highest BCUT2D eigenvalue weighted by molar-refractivity contribution is 6.01. The number of phenolic OH excluding ortho intramolecular Hbond substituents is 3. The number of carbonyl (C=O) groups excluding carboxylic acids is 5. The normalized spacial score (nSPS) is 33.2. The number of rotatable bonds is 12. The fraction of sp³-hybridized carbons (Fsp3) is 0.643. The summed E-state index contributed by atoms with van der Waals surface area (Å²) in [5.74, 6) is -4.56. The summed E-state index contributed by atoms with van der Waals surface area (Å²) < 4.78 is 16.9. The average Bonchev–Trinajstić information content (AvgIpc) is 3.32. The molecule has 2 aromatic carbocycles. The van der Waals surface area contributed by atoms with Crippen LogP contribution in [0.4, 0.5) is 5.69 Å². The van der Waals surface area contributed by atoms with Crippen molar-refractivity contribution in [2.75, 3.05) is 5.32 Å². The Kier molecular flexibility index (Phi) is 16.1. The molecule has 11 unspecified atom stereocenters. The minimum Gasteiger partial charge on any atom is -0.505 e. The predicted molar refractivity (Wildman–Crippen MR) is 267 cm³/mol. The molecule has 3 saturated carbocycles. The van der Waals surface area contributed by atoms with Crippen LogP contribution in [0.2, 0.25) is 0 Å². The number of carboxylic acid groups (broad SMARTS) is 1. The van der Waals surface area contributed by atoms with Crippen LogP contribution >= 0.6 is 0 Å². The number of benzene rings is 2. The van der Waals surface area contributed by atoms with E-state index in [0.29, 0.717) is 25.2 Å². The second kappa shape index (κ2) is 20.9. The molecule has 15 heteroatoms. The lowest BCUT2D eigenvalue weighted by Gasteiger charge is -2.69. The third-order valence-corrected chi connectivity index (χ3v) is 17.8. The topological polar surface area (TPSA) is 235 Å². The number of nitrogens with one attached hydrogen (secondary N) is 2. The molecule has 5 aliphatic rings. The molecule has 7 rings (SSSR count). The molecule has 15 nitrogen and oxygen atoms in total. The van der Waals surface area contributed by atoms with Gasteiger partial charge in [-0.2, -0.15) is 0 Å². The van der Waals surface area contributed by atoms with Gasteiger partial charge in [0.25, 0.3) is 5.91 Å². The monoisotopic (exact) mass is 987 g/mol. The standard InChI is InChI=1S/C29H40O4.C27H38N2O9/c1-17-18-7-8-21-27(4,19(18)15-20(30)23(17)31)12-14-29(6)22-16-26(3,24(32)33)10-9-25(22,2)11-13-28(21,29)5;1-6-7-8-10-19-24(38-21(31)13-15(2)3)17(5)37-27(35)22(16(4)36-26(19)34)29-25(33)18-11-9-12-20(23(18)32)28-14-30/h8,15,22,30-31H,7,9-14,16H2,1-6H3,(H,32,33);9,11-12,14-17,19,22,24,32H,6-8,10,13H2,1-5H3,(H,28,30)(H,29,33). The molecule has 0 bridgehead atoms. The number of hydrogen-bond donors (Lipinski definition) is 6. The van der Waals surface area contributed by atoms with E-state index in [1.807, 2.05) is 40.7 Å². The summed E-state index contributed by atoms with van der Waals surface area (Å²) in [6.45, 7) is 22.2. The Morgan fingerprint density at radius 1 is 0.901 bits per heavy atom. The number of carboxylic acids is 1. The van der Waals surface area contributed by atoms with Gasteiger partial charge in [-0.15, -0.1) is 0 Å². The quantitative estimate of drug-likeness (QED) is 0.0291. The van der Waals surface area contributed by atoms with Crippen LogP contribution in [0, 0.1) is 46.3 Å². The molecule has 0 radical (unpaired) electrons. The van der Waals surface area contributed by atoms with Gasteiger partial charge in [0.1, 0.15) is 12.2 Å². The number of phenols is 3. The number of esters is 3. The summed E-state index contributed by atoms with van der Waals surface area (Å²) >= 11 is 0. The van der Waals surface area contributed by atoms with Gasteiger partial charge in [0.15, 0.2) is 29.4 Å². The lowest BCUT2D eigenvalue weighted by Crippen LogP contribution is -2.62. The molecule has 1 heterocycles. The molecule has 0 aromatic heterocycles. The van der Waals surface area contributed by atoms with Crippen molar-refractivity contribution in [2.24, 2.45) is 39.4 Å². The fourth-order valence-corrected chi connectivity index (χ4v) is 13.1. The number of unbranched alkanes of at least 4 members (excludes halogenated alkanes) is 2. The minimum absolute atomic E-state index is 0.00114. The highest BCUT2D eigenvalue weighted by atomic mass is 16.6. The van der Waals surface area contributed by atoms with Crippen molar-refractivity contribution in [3.05, 3.63) is 58.2 Å². The molecule has 71 heavy (non-hydrogen) atoms. The summed E-state index contributed by atoms with van der Waals surface area (Å²) in [7, 11) is 0. The smallest absolute Gasteiger partial charge is 0.332 e. The second-order valence-electron chi connectivity index (χ2n) is 22.9. The maximum atomic E-state index is 13.3. The summed E-state index contributed by atoms with van der Waals surface area (Å²) in [4.78, 5) is 75.0. The molecule has 4 aliphatic carbocycles. The van der Waals surface area contributed by atoms with Gasteiger partial charge in [0.2, 0.25) is 6.41 Å². The first-order valence-electron chi connectivity index (χ1n) is 25.6. The molecule has 11 atom stereocenters. The SMILES string of the molecule is CCCCCC1C(=O)OC(C)C(NC(=O)c2cccc(NC=O)c2O)C(=O)OC(C)C1OC(=O)CC(C)C.Cc1c(O)c(O)cc2c1CC=C1C2(C)CCC2(C)C3CC(C)(C(=O)O)CCC3(C)CCC12C. The molecule has 1 aliphatic heterocycles. The van der Waals surface area contributed by atoms with Gasteiger partial charge >= 0.3 is 23.9 Å². The van der Waals surface area contributed by atoms with E-state index < -0.39 is 71.2 Å². The molecule has 6 N–H and O–H groups in total. The van der Waals surface area contributed by atoms with Crippen LogP contribution in [-0.2, 0) is 50.0 Å². The number of fused-ring (bicyclic) bond motifs is 7. The zero-order valence-electron chi connectivity index (χ0n) is 43.7. The van der Waals surface area contributed by atoms with Crippen molar-refractivity contribution in [3.8, 4) is 17.2 Å². The number of ether oxygens (including phenoxy) is 3. The van der Waals surface area contributed by atoms with Crippen molar-refractivity contribution in [1.29, 1.82) is 0 Å². The zero-order valence-corrected chi connectivity index (χ0v) is 43.7. The van der Waals surface area contributed by atoms with Gasteiger partial charge in [-0.1, -0.05) is 85.4 Å². The molecule has 4 fully saturated rings. The van der Waals surface area contributed by atoms with E-state index in [4.69, 9.17) is 14.2 Å². The van der Waals surface area contributed by atoms with Gasteiger partial charge in [-0.05, 0) is 148 Å². The van der Waals surface area contributed by atoms with Gasteiger partial charge in [-0.25, -0.2) is 4.79 Å². The van der Waals surface area contributed by atoms with Crippen LogP contribution in [0.3, 0.4) is 0 Å². The van der Waals surface area contributed by atoms with E-state index in [-0.39, 0.29) is 56.7 Å². The number of cyclic esters (lactones) is 2. The van der Waals surface area contributed by atoms with E-state index in [1.54, 1.807) is 0 Å². The number of para-hydroxylation sites is 1. The predicted octanol–water partition coefficient (Wildman–Crippen LogP) is 9.73. The Bertz CT molecular complexity index is 2430. The lowest BCUT2D eigenvalue weighted by atomic mass is 9.34. The summed E-state index contributed by atoms with van der Waals surface area (Å²) in [5.41, 5.74) is 3.79. The van der Waals surface area contributed by atoms with Gasteiger partial charge in [0, 0.05) is 11.8 Å². The molecular weight excluding hydrogens is 909 g/mol. The Labute approximate surface area is 418 Å². The van der Waals surface area contributed by atoms with Gasteiger partial charge in [-0.3, -0.25) is 24.0 Å². The molecule has 1 saturated heterocycles. The van der Waals surface area contributed by atoms with E-state index >= 15 is 0 Å². The van der Waals surface area contributed by atoms with Crippen molar-refractivity contribution >= 4 is 41.9 Å². The first kappa shape index (κ1) is 54.7. The van der Waals surface area contributed by atoms with Crippen LogP contribution in [0.5, 0.6) is 17.2 Å². The Morgan fingerprint density at radius 3 is 2.23 bits per heavy atom. The van der Waals surface area contributed by atoms with Crippen molar-refractivity contribution in [1.82, 2.24) is 5.32 Å². The number of aliphatic carboxylic acids is 1. The van der Waals surface area contributed by atoms with Crippen LogP contribution in [0.25, 0.3) is 0 Å². The van der Waals surface area contributed by atoms with E-state index in [0.717, 1.165) is 75.3 Å². The van der Waals surface area contributed by atoms with Crippen molar-refractivity contribution in [2.45, 2.75) is 189 Å². The third-order valence-electron chi connectivity index (χ3n) is 17.8. The maximum Gasteiger partial charge on any atom is 0.332 e. The van der Waals surface area contributed by atoms with E-state index in [2.05, 4.69) is 44.4 Å². The number of carbonyl (C=O) groups is 6. The van der Waals surface area contributed by atoms with Crippen molar-refractivity contribution in [3.63, 3.8) is 0 Å². The lowest BCUT2D eigenvalue weighted by molar-refractivity contribution is -0.177. The Balaban J connectivity index is 0.000000234. The summed E-state index contributed by atoms with van der Waals surface area (Å²) in [5, 5.41) is 46.0. The molecular formula is C56H78N2O13. The van der Waals surface area contributed by atoms with Crippen molar-refractivity contribution < 1.29 is 63.4 Å². The summed E-state index contributed by atoms with van der Waals surface area (Å²) in [6, 6.07) is 4.52. The number of amides is 2. The number of allylic oxidation sites excluding steroid dienone is 2. The Morgan fingerprint density at radius 2 is 1.58 bits per heavy atom. The van der Waals surface area contributed by atoms with Crippen LogP contribution in [-0.4, -0.2) is 81.0 Å². The molecule has 2 amide bonds. The Hall–Kier alpha value is -5.60. The number of hydrogen-bond acceptors (Lipinski definition) is 12. The fourth-order valence-electron chi connectivity index (χ4n) is 13.1. The second-order valence-corrected chi connectivity index (χ2v) is 22.9. The highest BCUT2D eigenvalue weighted by Crippen LogP contribution is 2.74. The first-order valence-corrected chi connectivity index (χ1v) is 25.6. The highest BCUT2D eigenvalue weighted by Gasteiger charge is 2.67. The van der Waals surface area contributed by atoms with Crippen LogP contribution in [0.15, 0.2) is 35.9 Å². The van der Waals surface area contributed by atoms with E-state index in [1.165, 1.54) is 43.2 Å². The average molecular weight is 987 g/mol. The van der Waals surface area contributed by atoms with Crippen LogP contribution < -0.4 is 10.6 Å². The number of aromatic hydroxyl groups is 3. The first-order chi connectivity index (χ1) is 33.2. The summed E-state index contributed by atoms with van der Waals surface area (Å²) in [6.07, 6.45) is 10.1. The zero-order chi connectivity index (χ0) is 52.6. The van der Waals surface area contributed by atoms with Gasteiger partial charge in [0.05, 0.1) is 22.6 Å².